The molecule has 1 atom stereocenters. The van der Waals surface area contributed by atoms with Crippen LogP contribution in [0.1, 0.15) is 26.7 Å². The average Bonchev–Trinajstić information content (AvgIpc) is 2.47. The molecule has 0 N–H and O–H groups in total. The van der Waals surface area contributed by atoms with Gasteiger partial charge >= 0.3 is 0 Å². The number of Topliss-reactive ketones (excluding diaryl/α,β-unsaturated/α-hetero) is 1. The van der Waals surface area contributed by atoms with Gasteiger partial charge in [0.25, 0.3) is 0 Å². The second kappa shape index (κ2) is 6.07. The second-order valence-corrected chi connectivity index (χ2v) is 5.44. The standard InChI is InChI=1S/C16H21NO3/c1-11(2)15(18)14-5-4-10-17(16(14)19)12-6-8-13(20-3)9-7-12/h6-9,11,14H,4-5,10H2,1-3H3. The number of carbonyl (C=O) groups excluding carboxylic acids is 2. The number of nitrogens with zero attached hydrogens (tertiary/aromatic N) is 1. The fourth-order valence-electron chi connectivity index (χ4n) is 2.56. The van der Waals surface area contributed by atoms with Crippen LogP contribution in [0.15, 0.2) is 24.3 Å². The van der Waals surface area contributed by atoms with Crippen LogP contribution >= 0.6 is 0 Å². The molecule has 0 radical (unpaired) electrons. The molecule has 0 aliphatic carbocycles. The van der Waals surface area contributed by atoms with Crippen molar-refractivity contribution in [2.24, 2.45) is 11.8 Å². The van der Waals surface area contributed by atoms with E-state index in [9.17, 15) is 9.59 Å². The third-order valence-electron chi connectivity index (χ3n) is 3.74. The van der Waals surface area contributed by atoms with E-state index in [2.05, 4.69) is 0 Å². The number of anilines is 1. The van der Waals surface area contributed by atoms with Crippen LogP contribution in [0.3, 0.4) is 0 Å². The molecular weight excluding hydrogens is 254 g/mol. The van der Waals surface area contributed by atoms with Crippen LogP contribution in [0.25, 0.3) is 0 Å². The van der Waals surface area contributed by atoms with Crippen LogP contribution in [0.2, 0.25) is 0 Å². The quantitative estimate of drug-likeness (QED) is 0.794. The zero-order valence-corrected chi connectivity index (χ0v) is 12.3. The smallest absolute Gasteiger partial charge is 0.237 e. The molecule has 108 valence electrons. The molecule has 1 aliphatic rings. The monoisotopic (exact) mass is 275 g/mol. The minimum absolute atomic E-state index is 0.0493. The summed E-state index contributed by atoms with van der Waals surface area (Å²) in [6.07, 6.45) is 1.53. The van der Waals surface area contributed by atoms with Crippen LogP contribution < -0.4 is 9.64 Å². The molecule has 0 bridgehead atoms. The lowest BCUT2D eigenvalue weighted by Crippen LogP contribution is -2.45. The van der Waals surface area contributed by atoms with Crippen LogP contribution in [0.4, 0.5) is 5.69 Å². The van der Waals surface area contributed by atoms with E-state index >= 15 is 0 Å². The van der Waals surface area contributed by atoms with Crippen molar-refractivity contribution in [3.63, 3.8) is 0 Å². The minimum Gasteiger partial charge on any atom is -0.497 e. The number of ketones is 1. The molecule has 2 rings (SSSR count). The summed E-state index contributed by atoms with van der Waals surface area (Å²) < 4.78 is 5.12. The molecule has 1 aromatic carbocycles. The van der Waals surface area contributed by atoms with E-state index in [1.165, 1.54) is 0 Å². The molecule has 1 aromatic rings. The molecule has 4 nitrogen and oxygen atoms in total. The summed E-state index contributed by atoms with van der Waals surface area (Å²) >= 11 is 0. The summed E-state index contributed by atoms with van der Waals surface area (Å²) in [5.74, 6) is 0.159. The Kier molecular flexibility index (Phi) is 4.42. The molecule has 1 aliphatic heterocycles. The van der Waals surface area contributed by atoms with Crippen molar-refractivity contribution in [3.05, 3.63) is 24.3 Å². The minimum atomic E-state index is -0.481. The Morgan fingerprint density at radius 1 is 1.30 bits per heavy atom. The summed E-state index contributed by atoms with van der Waals surface area (Å²) in [5, 5.41) is 0. The Bertz CT molecular complexity index is 493. The fourth-order valence-corrected chi connectivity index (χ4v) is 2.56. The summed E-state index contributed by atoms with van der Waals surface area (Å²) in [5.41, 5.74) is 0.831. The van der Waals surface area contributed by atoms with E-state index in [1.807, 2.05) is 38.1 Å². The maximum atomic E-state index is 12.5. The van der Waals surface area contributed by atoms with Crippen molar-refractivity contribution >= 4 is 17.4 Å². The lowest BCUT2D eigenvalue weighted by atomic mass is 9.87. The van der Waals surface area contributed by atoms with Gasteiger partial charge < -0.3 is 9.64 Å². The largest absolute Gasteiger partial charge is 0.497 e. The molecular formula is C16H21NO3. The molecule has 1 amide bonds. The third-order valence-corrected chi connectivity index (χ3v) is 3.74. The van der Waals surface area contributed by atoms with Crippen molar-refractivity contribution in [2.75, 3.05) is 18.6 Å². The number of amides is 1. The first-order valence-electron chi connectivity index (χ1n) is 7.03. The third kappa shape index (κ3) is 2.84. The molecule has 4 heteroatoms. The topological polar surface area (TPSA) is 46.6 Å². The van der Waals surface area contributed by atoms with Gasteiger partial charge in [0.05, 0.1) is 13.0 Å². The van der Waals surface area contributed by atoms with Gasteiger partial charge in [-0.2, -0.15) is 0 Å². The van der Waals surface area contributed by atoms with Crippen LogP contribution in [-0.4, -0.2) is 25.3 Å². The zero-order valence-electron chi connectivity index (χ0n) is 12.3. The maximum absolute atomic E-state index is 12.5. The normalized spacial score (nSPS) is 19.3. The second-order valence-electron chi connectivity index (χ2n) is 5.44. The van der Waals surface area contributed by atoms with E-state index in [1.54, 1.807) is 12.0 Å². The molecule has 1 saturated heterocycles. The van der Waals surface area contributed by atoms with E-state index < -0.39 is 5.92 Å². The Balaban J connectivity index is 2.19. The Labute approximate surface area is 119 Å². The van der Waals surface area contributed by atoms with Crippen molar-refractivity contribution in [1.82, 2.24) is 0 Å². The van der Waals surface area contributed by atoms with Crippen molar-refractivity contribution in [3.8, 4) is 5.75 Å². The number of hydrogen-bond acceptors (Lipinski definition) is 3. The predicted octanol–water partition coefficient (Wildman–Crippen LogP) is 2.66. The van der Waals surface area contributed by atoms with Crippen LogP contribution in [0, 0.1) is 11.8 Å². The van der Waals surface area contributed by atoms with Gasteiger partial charge in [0.15, 0.2) is 0 Å². The average molecular weight is 275 g/mol. The lowest BCUT2D eigenvalue weighted by molar-refractivity contribution is -0.135. The molecule has 0 saturated carbocycles. The highest BCUT2D eigenvalue weighted by molar-refractivity contribution is 6.09. The van der Waals surface area contributed by atoms with Gasteiger partial charge in [-0.1, -0.05) is 13.8 Å². The first kappa shape index (κ1) is 14.6. The molecule has 20 heavy (non-hydrogen) atoms. The van der Waals surface area contributed by atoms with Gasteiger partial charge in [-0.25, -0.2) is 0 Å². The van der Waals surface area contributed by atoms with Gasteiger partial charge in [-0.05, 0) is 37.1 Å². The number of piperidine rings is 1. The Hall–Kier alpha value is -1.84. The molecule has 1 fully saturated rings. The highest BCUT2D eigenvalue weighted by Gasteiger charge is 2.35. The number of methoxy groups -OCH3 is 1. The maximum Gasteiger partial charge on any atom is 0.237 e. The molecule has 1 unspecified atom stereocenters. The number of carbonyl (C=O) groups is 2. The highest BCUT2D eigenvalue weighted by atomic mass is 16.5. The number of hydrogen-bond donors (Lipinski definition) is 0. The predicted molar refractivity (Wildman–Crippen MR) is 77.9 cm³/mol. The van der Waals surface area contributed by atoms with Gasteiger partial charge in [0.2, 0.25) is 5.91 Å². The first-order valence-corrected chi connectivity index (χ1v) is 7.03. The van der Waals surface area contributed by atoms with Gasteiger partial charge in [-0.15, -0.1) is 0 Å². The fraction of sp³-hybridized carbons (Fsp3) is 0.500. The van der Waals surface area contributed by atoms with Gasteiger partial charge in [-0.3, -0.25) is 9.59 Å². The highest BCUT2D eigenvalue weighted by Crippen LogP contribution is 2.27. The van der Waals surface area contributed by atoms with E-state index in [-0.39, 0.29) is 17.6 Å². The van der Waals surface area contributed by atoms with E-state index in [0.717, 1.165) is 17.9 Å². The summed E-state index contributed by atoms with van der Waals surface area (Å²) in [7, 11) is 1.61. The summed E-state index contributed by atoms with van der Waals surface area (Å²) in [6, 6.07) is 7.38. The van der Waals surface area contributed by atoms with Gasteiger partial charge in [0, 0.05) is 18.2 Å². The molecule has 0 spiro atoms. The van der Waals surface area contributed by atoms with Crippen LogP contribution in [-0.2, 0) is 9.59 Å². The number of ether oxygens (including phenoxy) is 1. The molecule has 1 heterocycles. The number of rotatable bonds is 4. The zero-order chi connectivity index (χ0) is 14.7. The number of benzene rings is 1. The van der Waals surface area contributed by atoms with Crippen molar-refractivity contribution < 1.29 is 14.3 Å². The molecule has 0 aromatic heterocycles. The Morgan fingerprint density at radius 3 is 2.50 bits per heavy atom. The van der Waals surface area contributed by atoms with Gasteiger partial charge in [0.1, 0.15) is 11.5 Å². The SMILES string of the molecule is COc1ccc(N2CCCC(C(=O)C(C)C)C2=O)cc1. The van der Waals surface area contributed by atoms with Crippen molar-refractivity contribution in [1.29, 1.82) is 0 Å². The van der Waals surface area contributed by atoms with E-state index in [4.69, 9.17) is 4.74 Å². The van der Waals surface area contributed by atoms with Crippen molar-refractivity contribution in [2.45, 2.75) is 26.7 Å². The lowest BCUT2D eigenvalue weighted by Gasteiger charge is -2.32. The van der Waals surface area contributed by atoms with E-state index in [0.29, 0.717) is 13.0 Å². The Morgan fingerprint density at radius 2 is 1.95 bits per heavy atom. The summed E-state index contributed by atoms with van der Waals surface area (Å²) in [4.78, 5) is 26.3. The van der Waals surface area contributed by atoms with Crippen LogP contribution in [0.5, 0.6) is 5.75 Å². The summed E-state index contributed by atoms with van der Waals surface area (Å²) in [6.45, 7) is 4.37. The first-order chi connectivity index (χ1) is 9.54.